The number of nitrogens with one attached hydrogen (secondary N) is 2. The van der Waals surface area contributed by atoms with Gasteiger partial charge in [-0.3, -0.25) is 14.8 Å². The van der Waals surface area contributed by atoms with Gasteiger partial charge in [0, 0.05) is 25.7 Å². The van der Waals surface area contributed by atoms with Gasteiger partial charge in [-0.25, -0.2) is 4.39 Å². The van der Waals surface area contributed by atoms with Gasteiger partial charge < -0.3 is 10.6 Å². The lowest BCUT2D eigenvalue weighted by Crippen LogP contribution is -2.27. The molecule has 0 aliphatic rings. The smallest absolute Gasteiger partial charge is 0.220 e. The summed E-state index contributed by atoms with van der Waals surface area (Å²) in [6, 6.07) is 4.58. The zero-order valence-corrected chi connectivity index (χ0v) is 15.9. The van der Waals surface area contributed by atoms with E-state index in [1.54, 1.807) is 18.5 Å². The van der Waals surface area contributed by atoms with Crippen LogP contribution in [-0.4, -0.2) is 29.0 Å². The molecular weight excluding hydrogens is 367 g/mol. The fraction of sp³-hybridized carbons (Fsp3) is 0.300. The normalized spacial score (nSPS) is 10.2. The Bertz CT molecular complexity index is 832. The molecular formula is C20H22ClFN4O. The number of halogens is 2. The van der Waals surface area contributed by atoms with Crippen molar-refractivity contribution in [3.05, 3.63) is 70.7 Å². The second-order valence-corrected chi connectivity index (χ2v) is 6.38. The van der Waals surface area contributed by atoms with Crippen LogP contribution >= 0.6 is 11.6 Å². The summed E-state index contributed by atoms with van der Waals surface area (Å²) in [5.74, 6) is -0.542. The first-order chi connectivity index (χ1) is 13.0. The van der Waals surface area contributed by atoms with Gasteiger partial charge in [0.2, 0.25) is 5.91 Å². The standard InChI is InChI=1S/C20H22ClFN4O/c1-3-18(19-13-25-14(2)12-26-19)23-9-4-10-24-20(27)8-6-15-5-7-16(21)17(22)11-15/h5,7,11-13,23H,1,4,6,8-10H2,2H3,(H,24,27). The van der Waals surface area contributed by atoms with E-state index in [1.807, 2.05) is 6.92 Å². The number of rotatable bonds is 9. The minimum absolute atomic E-state index is 0.0748. The molecule has 0 saturated carbocycles. The van der Waals surface area contributed by atoms with Crippen molar-refractivity contribution in [2.45, 2.75) is 26.2 Å². The summed E-state index contributed by atoms with van der Waals surface area (Å²) in [6.07, 6.45) is 4.84. The number of nitrogens with zero attached hydrogens (tertiary/aromatic N) is 2. The molecule has 27 heavy (non-hydrogen) atoms. The number of aryl methyl sites for hydroxylation is 2. The largest absolute Gasteiger partial charge is 0.377 e. The molecule has 0 radical (unpaired) electrons. The van der Waals surface area contributed by atoms with E-state index in [2.05, 4.69) is 32.9 Å². The number of carbonyl (C=O) groups is 1. The van der Waals surface area contributed by atoms with Crippen molar-refractivity contribution < 1.29 is 9.18 Å². The highest BCUT2D eigenvalue weighted by molar-refractivity contribution is 6.30. The predicted octanol–water partition coefficient (Wildman–Crippen LogP) is 3.43. The van der Waals surface area contributed by atoms with Gasteiger partial charge in [-0.2, -0.15) is 0 Å². The first kappa shape index (κ1) is 20.6. The monoisotopic (exact) mass is 388 g/mol. The van der Waals surface area contributed by atoms with E-state index < -0.39 is 5.82 Å². The fourth-order valence-corrected chi connectivity index (χ4v) is 2.45. The van der Waals surface area contributed by atoms with Gasteiger partial charge in [-0.05, 0) is 37.5 Å². The Labute approximate surface area is 163 Å². The predicted molar refractivity (Wildman–Crippen MR) is 105 cm³/mol. The van der Waals surface area contributed by atoms with Crippen molar-refractivity contribution in [3.63, 3.8) is 0 Å². The molecule has 0 spiro atoms. The lowest BCUT2D eigenvalue weighted by molar-refractivity contribution is -0.121. The average Bonchev–Trinajstić information content (AvgIpc) is 2.66. The second-order valence-electron chi connectivity index (χ2n) is 5.97. The number of carbonyl (C=O) groups excluding carboxylic acids is 1. The summed E-state index contributed by atoms with van der Waals surface area (Å²) in [7, 11) is 0. The molecule has 2 rings (SSSR count). The van der Waals surface area contributed by atoms with Crippen LogP contribution in [0.3, 0.4) is 0 Å². The highest BCUT2D eigenvalue weighted by Gasteiger charge is 2.06. The molecule has 2 N–H and O–H groups in total. The summed E-state index contributed by atoms with van der Waals surface area (Å²) < 4.78 is 13.4. The molecule has 1 aromatic heterocycles. The van der Waals surface area contributed by atoms with Crippen molar-refractivity contribution in [1.29, 1.82) is 0 Å². The first-order valence-electron chi connectivity index (χ1n) is 8.63. The molecule has 0 atom stereocenters. The van der Waals surface area contributed by atoms with Crippen LogP contribution in [0.15, 0.2) is 42.9 Å². The van der Waals surface area contributed by atoms with Crippen LogP contribution in [0, 0.1) is 12.7 Å². The number of amides is 1. The molecule has 7 heteroatoms. The van der Waals surface area contributed by atoms with E-state index in [9.17, 15) is 9.18 Å². The van der Waals surface area contributed by atoms with Crippen molar-refractivity contribution in [2.24, 2.45) is 0 Å². The maximum absolute atomic E-state index is 13.4. The minimum Gasteiger partial charge on any atom is -0.377 e. The zero-order valence-electron chi connectivity index (χ0n) is 15.2. The van der Waals surface area contributed by atoms with Crippen LogP contribution in [0.25, 0.3) is 5.70 Å². The van der Waals surface area contributed by atoms with E-state index in [1.165, 1.54) is 12.1 Å². The number of aromatic nitrogens is 2. The summed E-state index contributed by atoms with van der Waals surface area (Å²) >= 11 is 5.64. The van der Waals surface area contributed by atoms with Crippen molar-refractivity contribution >= 4 is 23.2 Å². The molecule has 1 heterocycles. The first-order valence-corrected chi connectivity index (χ1v) is 9.01. The van der Waals surface area contributed by atoms with Crippen molar-refractivity contribution in [1.82, 2.24) is 20.6 Å². The molecule has 0 aliphatic carbocycles. The Balaban J connectivity index is 1.65. The molecule has 1 aromatic carbocycles. The Hall–Kier alpha value is -2.69. The van der Waals surface area contributed by atoms with Gasteiger partial charge in [-0.1, -0.05) is 24.2 Å². The fourth-order valence-electron chi connectivity index (χ4n) is 2.34. The molecule has 0 saturated heterocycles. The molecule has 142 valence electrons. The quantitative estimate of drug-likeness (QED) is 0.510. The van der Waals surface area contributed by atoms with E-state index in [0.717, 1.165) is 17.7 Å². The van der Waals surface area contributed by atoms with Crippen molar-refractivity contribution in [2.75, 3.05) is 13.1 Å². The number of hydrogen-bond acceptors (Lipinski definition) is 4. The van der Waals surface area contributed by atoms with E-state index in [0.29, 0.717) is 37.3 Å². The molecule has 0 fully saturated rings. The second kappa shape index (κ2) is 10.5. The van der Waals surface area contributed by atoms with Crippen LogP contribution in [0.4, 0.5) is 4.39 Å². The Morgan fingerprint density at radius 1 is 1.26 bits per heavy atom. The maximum atomic E-state index is 13.4. The highest BCUT2D eigenvalue weighted by atomic mass is 35.5. The molecule has 0 bridgehead atoms. The van der Waals surface area contributed by atoms with Crippen LogP contribution in [0.1, 0.15) is 29.8 Å². The zero-order chi connectivity index (χ0) is 19.6. The lowest BCUT2D eigenvalue weighted by Gasteiger charge is -2.09. The third kappa shape index (κ3) is 6.85. The van der Waals surface area contributed by atoms with Gasteiger partial charge in [0.05, 0.1) is 16.9 Å². The maximum Gasteiger partial charge on any atom is 0.220 e. The van der Waals surface area contributed by atoms with Crippen LogP contribution < -0.4 is 10.6 Å². The van der Waals surface area contributed by atoms with Gasteiger partial charge in [-0.15, -0.1) is 5.73 Å². The van der Waals surface area contributed by atoms with Gasteiger partial charge >= 0.3 is 0 Å². The molecule has 0 aliphatic heterocycles. The topological polar surface area (TPSA) is 66.9 Å². The molecule has 0 unspecified atom stereocenters. The van der Waals surface area contributed by atoms with Gasteiger partial charge in [0.25, 0.3) is 0 Å². The van der Waals surface area contributed by atoms with Gasteiger partial charge in [0.15, 0.2) is 0 Å². The van der Waals surface area contributed by atoms with Crippen molar-refractivity contribution in [3.8, 4) is 0 Å². The molecule has 5 nitrogen and oxygen atoms in total. The van der Waals surface area contributed by atoms with Crippen LogP contribution in [-0.2, 0) is 11.2 Å². The Kier molecular flexibility index (Phi) is 7.99. The number of hydrogen-bond donors (Lipinski definition) is 2. The van der Waals surface area contributed by atoms with E-state index in [4.69, 9.17) is 11.6 Å². The highest BCUT2D eigenvalue weighted by Crippen LogP contribution is 2.16. The van der Waals surface area contributed by atoms with Gasteiger partial charge in [0.1, 0.15) is 17.2 Å². The SMILES string of the molecule is C=C=C(NCCCNC(=O)CCc1ccc(Cl)c(F)c1)c1cnc(C)cn1. The molecule has 2 aromatic rings. The van der Waals surface area contributed by atoms with Crippen LogP contribution in [0.5, 0.6) is 0 Å². The average molecular weight is 389 g/mol. The van der Waals surface area contributed by atoms with Crippen LogP contribution in [0.2, 0.25) is 5.02 Å². The Morgan fingerprint density at radius 3 is 2.70 bits per heavy atom. The third-order valence-corrected chi connectivity index (χ3v) is 4.12. The summed E-state index contributed by atoms with van der Waals surface area (Å²) in [6.45, 7) is 6.69. The minimum atomic E-state index is -0.468. The summed E-state index contributed by atoms with van der Waals surface area (Å²) in [5.41, 5.74) is 5.75. The third-order valence-electron chi connectivity index (χ3n) is 3.82. The van der Waals surface area contributed by atoms with E-state index >= 15 is 0 Å². The lowest BCUT2D eigenvalue weighted by atomic mass is 10.1. The Morgan fingerprint density at radius 2 is 2.04 bits per heavy atom. The van der Waals surface area contributed by atoms with E-state index in [-0.39, 0.29) is 10.9 Å². The summed E-state index contributed by atoms with van der Waals surface area (Å²) in [4.78, 5) is 20.3. The summed E-state index contributed by atoms with van der Waals surface area (Å²) in [5, 5.41) is 6.11. The number of benzene rings is 1. The molecule has 1 amide bonds.